The zero-order valence-corrected chi connectivity index (χ0v) is 14.2. The van der Waals surface area contributed by atoms with Crippen LogP contribution in [0.4, 0.5) is 0 Å². The molecule has 2 aromatic carbocycles. The van der Waals surface area contributed by atoms with Crippen LogP contribution in [-0.4, -0.2) is 0 Å². The number of hydrogen-bond donors (Lipinski definition) is 0. The molecule has 0 heterocycles. The summed E-state index contributed by atoms with van der Waals surface area (Å²) in [5.74, 6) is 1.40. The summed E-state index contributed by atoms with van der Waals surface area (Å²) in [6, 6.07) is 14.4. The van der Waals surface area contributed by atoms with E-state index in [0.717, 1.165) is 14.7 Å². The van der Waals surface area contributed by atoms with E-state index in [-0.39, 0.29) is 0 Å². The van der Waals surface area contributed by atoms with Crippen molar-refractivity contribution < 1.29 is 4.74 Å². The molecule has 1 nitrogen and oxygen atoms in total. The minimum Gasteiger partial charge on any atom is -0.489 e. The zero-order valence-electron chi connectivity index (χ0n) is 11.0. The van der Waals surface area contributed by atoms with Crippen molar-refractivity contribution in [3.8, 4) is 5.75 Å². The highest BCUT2D eigenvalue weighted by atomic mass is 79.9. The first-order valence-electron chi connectivity index (χ1n) is 6.23. The van der Waals surface area contributed by atoms with Crippen LogP contribution in [0.25, 0.3) is 0 Å². The first-order chi connectivity index (χ1) is 9.06. The molecule has 0 aliphatic carbocycles. The second kappa shape index (κ2) is 6.58. The van der Waals surface area contributed by atoms with Gasteiger partial charge in [0.1, 0.15) is 12.4 Å². The van der Waals surface area contributed by atoms with Crippen LogP contribution < -0.4 is 4.74 Å². The summed E-state index contributed by atoms with van der Waals surface area (Å²) >= 11 is 6.94. The second-order valence-corrected chi connectivity index (χ2v) is 6.58. The third kappa shape index (κ3) is 4.08. The zero-order chi connectivity index (χ0) is 13.8. The Labute approximate surface area is 131 Å². The molecule has 0 radical (unpaired) electrons. The van der Waals surface area contributed by atoms with E-state index in [0.29, 0.717) is 12.5 Å². The number of halogens is 2. The van der Waals surface area contributed by atoms with Crippen LogP contribution in [0.2, 0.25) is 0 Å². The van der Waals surface area contributed by atoms with E-state index < -0.39 is 0 Å². The summed E-state index contributed by atoms with van der Waals surface area (Å²) < 4.78 is 8.12. The maximum atomic E-state index is 5.94. The topological polar surface area (TPSA) is 9.23 Å². The Kier molecular flexibility index (Phi) is 5.06. The average molecular weight is 384 g/mol. The quantitative estimate of drug-likeness (QED) is 0.637. The van der Waals surface area contributed by atoms with Gasteiger partial charge in [0.15, 0.2) is 0 Å². The van der Waals surface area contributed by atoms with Gasteiger partial charge in [-0.05, 0) is 47.4 Å². The molecule has 0 unspecified atom stereocenters. The summed E-state index contributed by atoms with van der Waals surface area (Å²) in [4.78, 5) is 0. The maximum absolute atomic E-state index is 5.94. The van der Waals surface area contributed by atoms with Crippen LogP contribution in [-0.2, 0) is 6.61 Å². The standard InChI is InChI=1S/C16H16Br2O/c1-11(2)15-9-14(18)7-8-16(15)19-10-12-3-5-13(17)6-4-12/h3-9,11H,10H2,1-2H3. The molecule has 0 amide bonds. The lowest BCUT2D eigenvalue weighted by Crippen LogP contribution is -1.99. The first-order valence-corrected chi connectivity index (χ1v) is 7.81. The molecule has 2 aromatic rings. The summed E-state index contributed by atoms with van der Waals surface area (Å²) in [5, 5.41) is 0. The van der Waals surface area contributed by atoms with Gasteiger partial charge in [-0.1, -0.05) is 57.8 Å². The molecule has 2 rings (SSSR count). The normalized spacial score (nSPS) is 10.8. The molecule has 3 heteroatoms. The smallest absolute Gasteiger partial charge is 0.123 e. The molecule has 0 bridgehead atoms. The van der Waals surface area contributed by atoms with Crippen LogP contribution in [0.3, 0.4) is 0 Å². The first kappa shape index (κ1) is 14.6. The van der Waals surface area contributed by atoms with Gasteiger partial charge in [0.2, 0.25) is 0 Å². The molecule has 0 aliphatic heterocycles. The fraction of sp³-hybridized carbons (Fsp3) is 0.250. The minimum atomic E-state index is 0.442. The molecule has 100 valence electrons. The van der Waals surface area contributed by atoms with Crippen molar-refractivity contribution in [1.29, 1.82) is 0 Å². The third-order valence-corrected chi connectivity index (χ3v) is 3.92. The van der Waals surface area contributed by atoms with Crippen LogP contribution in [0.5, 0.6) is 5.75 Å². The molecular formula is C16H16Br2O. The lowest BCUT2D eigenvalue weighted by molar-refractivity contribution is 0.301. The van der Waals surface area contributed by atoms with Gasteiger partial charge in [0.05, 0.1) is 0 Å². The average Bonchev–Trinajstić information content (AvgIpc) is 2.39. The van der Waals surface area contributed by atoms with E-state index in [2.05, 4.69) is 63.9 Å². The molecule has 0 N–H and O–H groups in total. The van der Waals surface area contributed by atoms with Crippen LogP contribution >= 0.6 is 31.9 Å². The van der Waals surface area contributed by atoms with Gasteiger partial charge >= 0.3 is 0 Å². The molecule has 0 fully saturated rings. The molecule has 19 heavy (non-hydrogen) atoms. The molecule has 0 saturated carbocycles. The highest BCUT2D eigenvalue weighted by Gasteiger charge is 2.08. The summed E-state index contributed by atoms with van der Waals surface area (Å²) in [5.41, 5.74) is 2.40. The van der Waals surface area contributed by atoms with E-state index in [9.17, 15) is 0 Å². The van der Waals surface area contributed by atoms with Crippen molar-refractivity contribution in [2.45, 2.75) is 26.4 Å². The SMILES string of the molecule is CC(C)c1cc(Br)ccc1OCc1ccc(Br)cc1. The Balaban J connectivity index is 2.13. The maximum Gasteiger partial charge on any atom is 0.123 e. The lowest BCUT2D eigenvalue weighted by Gasteiger charge is -2.14. The summed E-state index contributed by atoms with van der Waals surface area (Å²) in [6.45, 7) is 4.94. The van der Waals surface area contributed by atoms with Crippen molar-refractivity contribution >= 4 is 31.9 Å². The third-order valence-electron chi connectivity index (χ3n) is 2.90. The van der Waals surface area contributed by atoms with Gasteiger partial charge < -0.3 is 4.74 Å². The van der Waals surface area contributed by atoms with Gasteiger partial charge in [0.25, 0.3) is 0 Å². The predicted octanol–water partition coefficient (Wildman–Crippen LogP) is 5.91. The van der Waals surface area contributed by atoms with Crippen molar-refractivity contribution in [3.05, 3.63) is 62.5 Å². The largest absolute Gasteiger partial charge is 0.489 e. The molecule has 0 aliphatic rings. The fourth-order valence-corrected chi connectivity index (χ4v) is 2.49. The molecule has 0 saturated heterocycles. The minimum absolute atomic E-state index is 0.442. The molecule has 0 spiro atoms. The summed E-state index contributed by atoms with van der Waals surface area (Å²) in [7, 11) is 0. The monoisotopic (exact) mass is 382 g/mol. The Morgan fingerprint density at radius 2 is 1.58 bits per heavy atom. The Hall–Kier alpha value is -0.800. The Morgan fingerprint density at radius 3 is 2.21 bits per heavy atom. The molecule has 0 aromatic heterocycles. The lowest BCUT2D eigenvalue weighted by atomic mass is 10.0. The van der Waals surface area contributed by atoms with Gasteiger partial charge in [-0.15, -0.1) is 0 Å². The number of benzene rings is 2. The predicted molar refractivity (Wildman–Crippen MR) is 86.7 cm³/mol. The second-order valence-electron chi connectivity index (χ2n) is 4.75. The van der Waals surface area contributed by atoms with E-state index in [4.69, 9.17) is 4.74 Å². The van der Waals surface area contributed by atoms with Crippen LogP contribution in [0.1, 0.15) is 30.9 Å². The van der Waals surface area contributed by atoms with E-state index in [1.807, 2.05) is 24.3 Å². The highest BCUT2D eigenvalue weighted by Crippen LogP contribution is 2.30. The summed E-state index contributed by atoms with van der Waals surface area (Å²) in [6.07, 6.45) is 0. The van der Waals surface area contributed by atoms with Crippen molar-refractivity contribution in [2.75, 3.05) is 0 Å². The van der Waals surface area contributed by atoms with Gasteiger partial charge in [-0.25, -0.2) is 0 Å². The van der Waals surface area contributed by atoms with Crippen molar-refractivity contribution in [3.63, 3.8) is 0 Å². The fourth-order valence-electron chi connectivity index (χ4n) is 1.84. The number of hydrogen-bond acceptors (Lipinski definition) is 1. The Bertz CT molecular complexity index is 547. The van der Waals surface area contributed by atoms with Crippen LogP contribution in [0, 0.1) is 0 Å². The van der Waals surface area contributed by atoms with E-state index >= 15 is 0 Å². The van der Waals surface area contributed by atoms with Crippen LogP contribution in [0.15, 0.2) is 51.4 Å². The van der Waals surface area contributed by atoms with Crippen molar-refractivity contribution in [1.82, 2.24) is 0 Å². The van der Waals surface area contributed by atoms with Gasteiger partial charge in [-0.2, -0.15) is 0 Å². The molecule has 0 atom stereocenters. The van der Waals surface area contributed by atoms with Gasteiger partial charge in [-0.3, -0.25) is 0 Å². The van der Waals surface area contributed by atoms with Crippen molar-refractivity contribution in [2.24, 2.45) is 0 Å². The van der Waals surface area contributed by atoms with E-state index in [1.165, 1.54) is 11.1 Å². The Morgan fingerprint density at radius 1 is 0.947 bits per heavy atom. The highest BCUT2D eigenvalue weighted by molar-refractivity contribution is 9.10. The van der Waals surface area contributed by atoms with E-state index in [1.54, 1.807) is 0 Å². The molecular weight excluding hydrogens is 368 g/mol. The number of ether oxygens (including phenoxy) is 1. The number of rotatable bonds is 4. The van der Waals surface area contributed by atoms with Gasteiger partial charge in [0, 0.05) is 8.95 Å².